The summed E-state index contributed by atoms with van der Waals surface area (Å²) in [5.41, 5.74) is 1.28. The highest BCUT2D eigenvalue weighted by Gasteiger charge is 2.09. The Kier molecular flexibility index (Phi) is 5.24. The van der Waals surface area contributed by atoms with Crippen LogP contribution >= 0.6 is 0 Å². The van der Waals surface area contributed by atoms with Crippen LogP contribution in [0.4, 0.5) is 4.39 Å². The van der Waals surface area contributed by atoms with Crippen LogP contribution in [0.25, 0.3) is 0 Å². The molecule has 0 bridgehead atoms. The Morgan fingerprint density at radius 3 is 2.75 bits per heavy atom. The van der Waals surface area contributed by atoms with Crippen LogP contribution in [0, 0.1) is 5.82 Å². The third-order valence-electron chi connectivity index (χ3n) is 3.02. The van der Waals surface area contributed by atoms with Crippen LogP contribution in [-0.2, 0) is 6.42 Å². The summed E-state index contributed by atoms with van der Waals surface area (Å²) in [4.78, 5) is 15.8. The highest BCUT2D eigenvalue weighted by molar-refractivity contribution is 5.94. The second kappa shape index (κ2) is 7.38. The molecule has 104 valence electrons. The van der Waals surface area contributed by atoms with E-state index in [1.165, 1.54) is 17.7 Å². The molecule has 0 fully saturated rings. The zero-order chi connectivity index (χ0) is 14.2. The van der Waals surface area contributed by atoms with Crippen LogP contribution in [0.3, 0.4) is 0 Å². The molecule has 1 heterocycles. The van der Waals surface area contributed by atoms with E-state index in [1.807, 2.05) is 18.3 Å². The molecular formula is C16H17FN2O. The number of aromatic nitrogens is 1. The molecule has 20 heavy (non-hydrogen) atoms. The molecule has 2 aromatic rings. The first kappa shape index (κ1) is 14.2. The molecule has 1 aromatic heterocycles. The van der Waals surface area contributed by atoms with E-state index >= 15 is 0 Å². The summed E-state index contributed by atoms with van der Waals surface area (Å²) in [6, 6.07) is 9.94. The van der Waals surface area contributed by atoms with Gasteiger partial charge in [0.25, 0.3) is 5.91 Å². The Balaban J connectivity index is 1.69. The second-order valence-electron chi connectivity index (χ2n) is 4.55. The Hall–Kier alpha value is -2.23. The molecule has 3 nitrogen and oxygen atoms in total. The summed E-state index contributed by atoms with van der Waals surface area (Å²) < 4.78 is 13.4. The smallest absolute Gasteiger partial charge is 0.254 e. The number of halogens is 1. The van der Waals surface area contributed by atoms with Crippen LogP contribution in [0.15, 0.2) is 48.8 Å². The molecule has 0 spiro atoms. The van der Waals surface area contributed by atoms with Crippen molar-refractivity contribution in [3.05, 3.63) is 65.7 Å². The van der Waals surface area contributed by atoms with Gasteiger partial charge in [-0.15, -0.1) is 0 Å². The zero-order valence-corrected chi connectivity index (χ0v) is 11.2. The summed E-state index contributed by atoms with van der Waals surface area (Å²) in [5.74, 6) is -0.843. The standard InChI is InChI=1S/C16H17FN2O/c17-15-9-2-1-8-14(15)16(20)19-11-4-3-6-13-7-5-10-18-12-13/h1-2,5,7-10,12H,3-4,6,11H2,(H,19,20). The van der Waals surface area contributed by atoms with Gasteiger partial charge >= 0.3 is 0 Å². The van der Waals surface area contributed by atoms with Gasteiger partial charge in [-0.05, 0) is 43.0 Å². The van der Waals surface area contributed by atoms with E-state index in [0.29, 0.717) is 6.54 Å². The average Bonchev–Trinajstić information content (AvgIpc) is 2.48. The molecule has 4 heteroatoms. The van der Waals surface area contributed by atoms with Crippen molar-refractivity contribution in [1.82, 2.24) is 10.3 Å². The second-order valence-corrected chi connectivity index (χ2v) is 4.55. The monoisotopic (exact) mass is 272 g/mol. The number of unbranched alkanes of at least 4 members (excludes halogenated alkanes) is 1. The van der Waals surface area contributed by atoms with Crippen LogP contribution < -0.4 is 5.32 Å². The number of aryl methyl sites for hydroxylation is 1. The summed E-state index contributed by atoms with van der Waals surface area (Å²) in [6.45, 7) is 0.549. The summed E-state index contributed by atoms with van der Waals surface area (Å²) in [7, 11) is 0. The van der Waals surface area contributed by atoms with E-state index in [1.54, 1.807) is 18.3 Å². The minimum absolute atomic E-state index is 0.0970. The fourth-order valence-corrected chi connectivity index (χ4v) is 1.94. The lowest BCUT2D eigenvalue weighted by Crippen LogP contribution is -2.25. The van der Waals surface area contributed by atoms with Gasteiger partial charge in [-0.2, -0.15) is 0 Å². The van der Waals surface area contributed by atoms with Gasteiger partial charge in [0.2, 0.25) is 0 Å². The third-order valence-corrected chi connectivity index (χ3v) is 3.02. The van der Waals surface area contributed by atoms with Crippen molar-refractivity contribution in [3.8, 4) is 0 Å². The molecule has 0 aliphatic heterocycles. The predicted molar refractivity (Wildman–Crippen MR) is 75.9 cm³/mol. The number of hydrogen-bond acceptors (Lipinski definition) is 2. The van der Waals surface area contributed by atoms with Crippen molar-refractivity contribution >= 4 is 5.91 Å². The third kappa shape index (κ3) is 4.16. The maximum atomic E-state index is 13.4. The SMILES string of the molecule is O=C(NCCCCc1cccnc1)c1ccccc1F. The van der Waals surface area contributed by atoms with Gasteiger partial charge in [-0.25, -0.2) is 4.39 Å². The van der Waals surface area contributed by atoms with Gasteiger partial charge < -0.3 is 5.32 Å². The molecule has 0 saturated carbocycles. The lowest BCUT2D eigenvalue weighted by atomic mass is 10.1. The van der Waals surface area contributed by atoms with Crippen molar-refractivity contribution in [2.75, 3.05) is 6.54 Å². The van der Waals surface area contributed by atoms with E-state index in [0.717, 1.165) is 19.3 Å². The fourth-order valence-electron chi connectivity index (χ4n) is 1.94. The first-order chi connectivity index (χ1) is 9.77. The van der Waals surface area contributed by atoms with Crippen LogP contribution in [0.1, 0.15) is 28.8 Å². The van der Waals surface area contributed by atoms with Gasteiger partial charge in [0.1, 0.15) is 5.82 Å². The molecular weight excluding hydrogens is 255 g/mol. The Bertz CT molecular complexity index is 557. The highest BCUT2D eigenvalue weighted by atomic mass is 19.1. The van der Waals surface area contributed by atoms with Gasteiger partial charge in [-0.1, -0.05) is 18.2 Å². The first-order valence-corrected chi connectivity index (χ1v) is 6.69. The molecule has 0 atom stereocenters. The Morgan fingerprint density at radius 2 is 2.00 bits per heavy atom. The lowest BCUT2D eigenvalue weighted by molar-refractivity contribution is 0.0949. The van der Waals surface area contributed by atoms with Crippen molar-refractivity contribution in [1.29, 1.82) is 0 Å². The molecule has 2 rings (SSSR count). The number of amides is 1. The van der Waals surface area contributed by atoms with E-state index in [9.17, 15) is 9.18 Å². The minimum atomic E-state index is -0.486. The quantitative estimate of drug-likeness (QED) is 0.821. The van der Waals surface area contributed by atoms with Crippen molar-refractivity contribution in [2.45, 2.75) is 19.3 Å². The number of rotatable bonds is 6. The van der Waals surface area contributed by atoms with Crippen LogP contribution in [0.5, 0.6) is 0 Å². The van der Waals surface area contributed by atoms with E-state index in [-0.39, 0.29) is 11.5 Å². The molecule has 1 aromatic carbocycles. The van der Waals surface area contributed by atoms with E-state index < -0.39 is 5.82 Å². The normalized spacial score (nSPS) is 10.2. The molecule has 0 unspecified atom stereocenters. The maximum absolute atomic E-state index is 13.4. The zero-order valence-electron chi connectivity index (χ0n) is 11.2. The Morgan fingerprint density at radius 1 is 1.15 bits per heavy atom. The molecule has 1 N–H and O–H groups in total. The van der Waals surface area contributed by atoms with Crippen molar-refractivity contribution < 1.29 is 9.18 Å². The Labute approximate surface area is 117 Å². The van der Waals surface area contributed by atoms with Gasteiger partial charge in [0, 0.05) is 18.9 Å². The maximum Gasteiger partial charge on any atom is 0.254 e. The van der Waals surface area contributed by atoms with Crippen LogP contribution in [-0.4, -0.2) is 17.4 Å². The number of benzene rings is 1. The van der Waals surface area contributed by atoms with Gasteiger partial charge in [0.05, 0.1) is 5.56 Å². The number of carbonyl (C=O) groups excluding carboxylic acids is 1. The lowest BCUT2D eigenvalue weighted by Gasteiger charge is -2.06. The number of carbonyl (C=O) groups is 1. The minimum Gasteiger partial charge on any atom is -0.352 e. The number of nitrogens with zero attached hydrogens (tertiary/aromatic N) is 1. The first-order valence-electron chi connectivity index (χ1n) is 6.69. The molecule has 0 radical (unpaired) electrons. The fraction of sp³-hybridized carbons (Fsp3) is 0.250. The summed E-state index contributed by atoms with van der Waals surface area (Å²) >= 11 is 0. The molecule has 1 amide bonds. The predicted octanol–water partition coefficient (Wildman–Crippen LogP) is 2.97. The molecule has 0 aliphatic carbocycles. The largest absolute Gasteiger partial charge is 0.352 e. The molecule has 0 aliphatic rings. The average molecular weight is 272 g/mol. The van der Waals surface area contributed by atoms with E-state index in [4.69, 9.17) is 0 Å². The number of pyridine rings is 1. The topological polar surface area (TPSA) is 42.0 Å². The highest BCUT2D eigenvalue weighted by Crippen LogP contribution is 2.06. The van der Waals surface area contributed by atoms with Crippen LogP contribution in [0.2, 0.25) is 0 Å². The number of nitrogens with one attached hydrogen (secondary N) is 1. The summed E-state index contributed by atoms with van der Waals surface area (Å²) in [5, 5.41) is 2.73. The molecule has 0 saturated heterocycles. The number of hydrogen-bond donors (Lipinski definition) is 1. The van der Waals surface area contributed by atoms with Crippen molar-refractivity contribution in [3.63, 3.8) is 0 Å². The van der Waals surface area contributed by atoms with E-state index in [2.05, 4.69) is 10.3 Å². The van der Waals surface area contributed by atoms with Crippen molar-refractivity contribution in [2.24, 2.45) is 0 Å². The summed E-state index contributed by atoms with van der Waals surface area (Å²) in [6.07, 6.45) is 6.35. The van der Waals surface area contributed by atoms with Gasteiger partial charge in [0.15, 0.2) is 0 Å². The van der Waals surface area contributed by atoms with Gasteiger partial charge in [-0.3, -0.25) is 9.78 Å².